The molecule has 120 valence electrons. The average Bonchev–Trinajstić information content (AvgIpc) is 2.81. The maximum absolute atomic E-state index is 12.9. The van der Waals surface area contributed by atoms with Gasteiger partial charge in [0.2, 0.25) is 5.82 Å². The molecule has 1 aromatic heterocycles. The molecule has 8 heteroatoms. The van der Waals surface area contributed by atoms with Gasteiger partial charge < -0.3 is 9.30 Å². The van der Waals surface area contributed by atoms with Crippen LogP contribution in [0.1, 0.15) is 5.82 Å². The van der Waals surface area contributed by atoms with Crippen molar-refractivity contribution in [1.82, 2.24) is 9.55 Å². The summed E-state index contributed by atoms with van der Waals surface area (Å²) in [7, 11) is 1.31. The minimum Gasteiger partial charge on any atom is -0.456 e. The van der Waals surface area contributed by atoms with Crippen molar-refractivity contribution in [3.05, 3.63) is 52.3 Å². The van der Waals surface area contributed by atoms with Crippen LogP contribution in [-0.4, -0.2) is 9.55 Å². The van der Waals surface area contributed by atoms with E-state index in [1.807, 2.05) is 0 Å². The van der Waals surface area contributed by atoms with Crippen molar-refractivity contribution < 1.29 is 17.9 Å². The molecule has 3 nitrogen and oxygen atoms in total. The Morgan fingerprint density at radius 3 is 2.57 bits per heavy atom. The summed E-state index contributed by atoms with van der Waals surface area (Å²) in [5.74, 6) is -0.343. The molecule has 2 aromatic carbocycles. The first-order valence-electron chi connectivity index (χ1n) is 6.43. The van der Waals surface area contributed by atoms with Crippen molar-refractivity contribution in [1.29, 1.82) is 0 Å². The first kappa shape index (κ1) is 16.0. The lowest BCUT2D eigenvalue weighted by Gasteiger charge is -2.08. The van der Waals surface area contributed by atoms with E-state index in [1.54, 1.807) is 24.3 Å². The minimum absolute atomic E-state index is 0.176. The molecule has 0 saturated heterocycles. The summed E-state index contributed by atoms with van der Waals surface area (Å²) in [6, 6.07) is 9.34. The fourth-order valence-electron chi connectivity index (χ4n) is 2.19. The molecule has 0 atom stereocenters. The molecule has 0 aliphatic carbocycles. The van der Waals surface area contributed by atoms with Crippen molar-refractivity contribution in [2.24, 2.45) is 7.05 Å². The number of alkyl halides is 3. The smallest absolute Gasteiger partial charge is 0.449 e. The zero-order valence-corrected chi connectivity index (χ0v) is 13.2. The van der Waals surface area contributed by atoms with E-state index in [9.17, 15) is 13.2 Å². The number of halogens is 5. The highest BCUT2D eigenvalue weighted by Crippen LogP contribution is 2.36. The molecule has 23 heavy (non-hydrogen) atoms. The Labute approximate surface area is 139 Å². The Kier molecular flexibility index (Phi) is 3.90. The van der Waals surface area contributed by atoms with Crippen molar-refractivity contribution in [3.63, 3.8) is 0 Å². The number of imidazole rings is 1. The van der Waals surface area contributed by atoms with Gasteiger partial charge in [0.25, 0.3) is 0 Å². The molecule has 1 heterocycles. The van der Waals surface area contributed by atoms with Gasteiger partial charge in [0.05, 0.1) is 16.1 Å². The molecule has 0 amide bonds. The Balaban J connectivity index is 2.02. The first-order valence-corrected chi connectivity index (χ1v) is 7.18. The Bertz CT molecular complexity index is 890. The molecule has 0 N–H and O–H groups in total. The Morgan fingerprint density at radius 1 is 1.13 bits per heavy atom. The van der Waals surface area contributed by atoms with Crippen LogP contribution in [0.3, 0.4) is 0 Å². The van der Waals surface area contributed by atoms with E-state index in [-0.39, 0.29) is 10.5 Å². The highest BCUT2D eigenvalue weighted by Gasteiger charge is 2.36. The maximum atomic E-state index is 12.9. The van der Waals surface area contributed by atoms with Gasteiger partial charge in [0, 0.05) is 13.1 Å². The standard InChI is InChI=1S/C15H9Cl2F3N2O/c1-22-11-6-5-8(7-10(11)21-14(22)15(18,19)20)23-12-4-2-3-9(16)13(12)17/h2-7H,1H3. The van der Waals surface area contributed by atoms with Gasteiger partial charge in [-0.2, -0.15) is 13.2 Å². The third-order valence-corrected chi connectivity index (χ3v) is 4.05. The molecular weight excluding hydrogens is 352 g/mol. The fraction of sp³-hybridized carbons (Fsp3) is 0.133. The third-order valence-electron chi connectivity index (χ3n) is 3.25. The predicted molar refractivity (Wildman–Crippen MR) is 82.3 cm³/mol. The number of benzene rings is 2. The van der Waals surface area contributed by atoms with E-state index in [0.717, 1.165) is 4.57 Å². The van der Waals surface area contributed by atoms with Crippen LogP contribution >= 0.6 is 23.2 Å². The molecule has 0 aliphatic heterocycles. The zero-order valence-electron chi connectivity index (χ0n) is 11.7. The van der Waals surface area contributed by atoms with Crippen LogP contribution in [0.15, 0.2) is 36.4 Å². The first-order chi connectivity index (χ1) is 10.8. The summed E-state index contributed by atoms with van der Waals surface area (Å²) in [5.41, 5.74) is 0.525. The summed E-state index contributed by atoms with van der Waals surface area (Å²) in [4.78, 5) is 3.62. The largest absolute Gasteiger partial charge is 0.456 e. The second kappa shape index (κ2) is 5.62. The van der Waals surface area contributed by atoms with Gasteiger partial charge in [-0.3, -0.25) is 0 Å². The number of nitrogens with zero attached hydrogens (tertiary/aromatic N) is 2. The second-order valence-electron chi connectivity index (χ2n) is 4.80. The molecule has 0 spiro atoms. The van der Waals surface area contributed by atoms with Crippen molar-refractivity contribution in [2.45, 2.75) is 6.18 Å². The number of fused-ring (bicyclic) bond motifs is 1. The Morgan fingerprint density at radius 2 is 1.87 bits per heavy atom. The molecule has 0 saturated carbocycles. The summed E-state index contributed by atoms with van der Waals surface area (Å²) in [6.07, 6.45) is -4.52. The predicted octanol–water partition coefficient (Wildman–Crippen LogP) is 5.69. The zero-order chi connectivity index (χ0) is 16.8. The van der Waals surface area contributed by atoms with Gasteiger partial charge in [0.1, 0.15) is 16.5 Å². The highest BCUT2D eigenvalue weighted by molar-refractivity contribution is 6.42. The maximum Gasteiger partial charge on any atom is 0.449 e. The summed E-state index contributed by atoms with van der Waals surface area (Å²) >= 11 is 11.9. The number of hydrogen-bond donors (Lipinski definition) is 0. The summed E-state index contributed by atoms with van der Waals surface area (Å²) in [5, 5.41) is 0.550. The van der Waals surface area contributed by atoms with Crippen LogP contribution in [-0.2, 0) is 13.2 Å². The van der Waals surface area contributed by atoms with Gasteiger partial charge in [-0.25, -0.2) is 4.98 Å². The van der Waals surface area contributed by atoms with E-state index in [1.165, 1.54) is 19.2 Å². The van der Waals surface area contributed by atoms with Crippen LogP contribution in [0.25, 0.3) is 11.0 Å². The van der Waals surface area contributed by atoms with Crippen LogP contribution in [0.2, 0.25) is 10.0 Å². The highest BCUT2D eigenvalue weighted by atomic mass is 35.5. The van der Waals surface area contributed by atoms with E-state index in [2.05, 4.69) is 4.98 Å². The normalized spacial score (nSPS) is 11.9. The van der Waals surface area contributed by atoms with Gasteiger partial charge in [0.15, 0.2) is 0 Å². The summed E-state index contributed by atoms with van der Waals surface area (Å²) in [6.45, 7) is 0. The number of aromatic nitrogens is 2. The number of rotatable bonds is 2. The van der Waals surface area contributed by atoms with Crippen LogP contribution < -0.4 is 4.74 Å². The lowest BCUT2D eigenvalue weighted by molar-refractivity contribution is -0.146. The monoisotopic (exact) mass is 360 g/mol. The van der Waals surface area contributed by atoms with Gasteiger partial charge in [-0.05, 0) is 24.3 Å². The molecule has 0 radical (unpaired) electrons. The van der Waals surface area contributed by atoms with Gasteiger partial charge in [-0.15, -0.1) is 0 Å². The quantitative estimate of drug-likeness (QED) is 0.586. The topological polar surface area (TPSA) is 27.1 Å². The summed E-state index contributed by atoms with van der Waals surface area (Å²) < 4.78 is 45.2. The third kappa shape index (κ3) is 2.96. The molecular formula is C15H9Cl2F3N2O. The van der Waals surface area contributed by atoms with E-state index >= 15 is 0 Å². The average molecular weight is 361 g/mol. The fourth-order valence-corrected chi connectivity index (χ4v) is 2.52. The van der Waals surface area contributed by atoms with Crippen LogP contribution in [0.4, 0.5) is 13.2 Å². The van der Waals surface area contributed by atoms with Crippen molar-refractivity contribution in [3.8, 4) is 11.5 Å². The van der Waals surface area contributed by atoms with Gasteiger partial charge >= 0.3 is 6.18 Å². The molecule has 0 bridgehead atoms. The van der Waals surface area contributed by atoms with E-state index in [0.29, 0.717) is 22.0 Å². The van der Waals surface area contributed by atoms with Crippen molar-refractivity contribution in [2.75, 3.05) is 0 Å². The lowest BCUT2D eigenvalue weighted by atomic mass is 10.3. The molecule has 0 unspecified atom stereocenters. The lowest BCUT2D eigenvalue weighted by Crippen LogP contribution is -2.12. The second-order valence-corrected chi connectivity index (χ2v) is 5.58. The van der Waals surface area contributed by atoms with Crippen LogP contribution in [0, 0.1) is 0 Å². The van der Waals surface area contributed by atoms with Crippen LogP contribution in [0.5, 0.6) is 11.5 Å². The van der Waals surface area contributed by atoms with E-state index in [4.69, 9.17) is 27.9 Å². The van der Waals surface area contributed by atoms with Crippen molar-refractivity contribution >= 4 is 34.2 Å². The van der Waals surface area contributed by atoms with E-state index < -0.39 is 12.0 Å². The number of ether oxygens (including phenoxy) is 1. The minimum atomic E-state index is -4.52. The molecule has 0 aliphatic rings. The molecule has 0 fully saturated rings. The number of aryl methyl sites for hydroxylation is 1. The SMILES string of the molecule is Cn1c(C(F)(F)F)nc2cc(Oc3cccc(Cl)c3Cl)ccc21. The molecule has 3 aromatic rings. The van der Waals surface area contributed by atoms with Gasteiger partial charge in [-0.1, -0.05) is 29.3 Å². The number of hydrogen-bond acceptors (Lipinski definition) is 2. The molecule has 3 rings (SSSR count). The Hall–Kier alpha value is -1.92.